The topological polar surface area (TPSA) is 20.2 Å². The Kier molecular flexibility index (Phi) is 4.50. The fraction of sp³-hybridized carbons (Fsp3) is 0.625. The van der Waals surface area contributed by atoms with Gasteiger partial charge in [0.15, 0.2) is 0 Å². The van der Waals surface area contributed by atoms with Gasteiger partial charge in [-0.1, -0.05) is 60.7 Å². The molecule has 1 aliphatic carbocycles. The Morgan fingerprint density at radius 1 is 1.33 bits per heavy atom. The van der Waals surface area contributed by atoms with E-state index in [2.05, 4.69) is 28.9 Å². The molecule has 2 rings (SSSR count). The summed E-state index contributed by atoms with van der Waals surface area (Å²) in [5.74, 6) is 1.05. The number of halogens is 1. The van der Waals surface area contributed by atoms with Gasteiger partial charge in [0.1, 0.15) is 0 Å². The molecular weight excluding hydrogens is 288 g/mol. The average Bonchev–Trinajstić information content (AvgIpc) is 2.38. The van der Waals surface area contributed by atoms with Crippen LogP contribution in [0, 0.1) is 11.8 Å². The van der Waals surface area contributed by atoms with Crippen LogP contribution in [-0.4, -0.2) is 5.11 Å². The molecule has 0 amide bonds. The van der Waals surface area contributed by atoms with Crippen molar-refractivity contribution in [3.05, 3.63) is 34.3 Å². The first-order valence-corrected chi connectivity index (χ1v) is 7.83. The molecule has 0 bridgehead atoms. The molecule has 0 aromatic heterocycles. The highest BCUT2D eigenvalue weighted by atomic mass is 79.9. The lowest BCUT2D eigenvalue weighted by molar-refractivity contribution is -0.0489. The van der Waals surface area contributed by atoms with Crippen molar-refractivity contribution in [2.75, 3.05) is 0 Å². The molecule has 0 radical (unpaired) electrons. The van der Waals surface area contributed by atoms with Gasteiger partial charge < -0.3 is 5.11 Å². The summed E-state index contributed by atoms with van der Waals surface area (Å²) < 4.78 is 1.05. The van der Waals surface area contributed by atoms with Gasteiger partial charge in [0, 0.05) is 4.47 Å². The molecule has 18 heavy (non-hydrogen) atoms. The van der Waals surface area contributed by atoms with E-state index in [9.17, 15) is 5.11 Å². The summed E-state index contributed by atoms with van der Waals surface area (Å²) in [6, 6.07) is 8.13. The molecule has 0 saturated heterocycles. The Bertz CT molecular complexity index is 400. The number of aliphatic hydroxyl groups is 1. The van der Waals surface area contributed by atoms with Crippen LogP contribution in [0.15, 0.2) is 28.7 Å². The third-order valence-corrected chi connectivity index (χ3v) is 5.06. The Morgan fingerprint density at radius 2 is 2.06 bits per heavy atom. The van der Waals surface area contributed by atoms with E-state index in [-0.39, 0.29) is 0 Å². The molecule has 2 heteroatoms. The van der Waals surface area contributed by atoms with Gasteiger partial charge in [-0.2, -0.15) is 0 Å². The van der Waals surface area contributed by atoms with Crippen LogP contribution in [0.3, 0.4) is 0 Å². The molecule has 1 N–H and O–H groups in total. The summed E-state index contributed by atoms with van der Waals surface area (Å²) in [6.07, 6.45) is 6.17. The molecule has 0 heterocycles. The summed E-state index contributed by atoms with van der Waals surface area (Å²) in [7, 11) is 0. The second-order valence-electron chi connectivity index (χ2n) is 5.72. The highest BCUT2D eigenvalue weighted by Gasteiger charge is 2.39. The van der Waals surface area contributed by atoms with Crippen LogP contribution in [0.5, 0.6) is 0 Å². The van der Waals surface area contributed by atoms with Crippen LogP contribution in [0.2, 0.25) is 0 Å². The van der Waals surface area contributed by atoms with E-state index in [1.54, 1.807) is 0 Å². The maximum Gasteiger partial charge on any atom is 0.0899 e. The van der Waals surface area contributed by atoms with E-state index in [0.29, 0.717) is 11.8 Å². The maximum absolute atomic E-state index is 11.0. The Morgan fingerprint density at radius 3 is 2.72 bits per heavy atom. The molecule has 1 saturated carbocycles. The smallest absolute Gasteiger partial charge is 0.0899 e. The van der Waals surface area contributed by atoms with Gasteiger partial charge in [0.25, 0.3) is 0 Å². The van der Waals surface area contributed by atoms with Crippen LogP contribution in [0.4, 0.5) is 0 Å². The average molecular weight is 311 g/mol. The van der Waals surface area contributed by atoms with Gasteiger partial charge in [-0.3, -0.25) is 0 Å². The summed E-state index contributed by atoms with van der Waals surface area (Å²) >= 11 is 3.50. The van der Waals surface area contributed by atoms with Crippen molar-refractivity contribution in [1.29, 1.82) is 0 Å². The minimum absolute atomic E-state index is 0.394. The zero-order valence-electron chi connectivity index (χ0n) is 11.3. The summed E-state index contributed by atoms with van der Waals surface area (Å²) in [5, 5.41) is 11.0. The fourth-order valence-electron chi connectivity index (χ4n) is 3.45. The monoisotopic (exact) mass is 310 g/mol. The van der Waals surface area contributed by atoms with E-state index in [4.69, 9.17) is 0 Å². The van der Waals surface area contributed by atoms with E-state index >= 15 is 0 Å². The number of hydrogen-bond donors (Lipinski definition) is 1. The van der Waals surface area contributed by atoms with Crippen LogP contribution in [0.1, 0.15) is 51.5 Å². The SMILES string of the molecule is CCC1CCCCC1C(C)(O)c1cccc(Br)c1. The number of rotatable bonds is 3. The van der Waals surface area contributed by atoms with E-state index in [0.717, 1.165) is 16.5 Å². The first-order chi connectivity index (χ1) is 8.55. The number of hydrogen-bond acceptors (Lipinski definition) is 1. The van der Waals surface area contributed by atoms with Crippen LogP contribution >= 0.6 is 15.9 Å². The van der Waals surface area contributed by atoms with E-state index < -0.39 is 5.60 Å². The first kappa shape index (κ1) is 14.1. The molecule has 1 aromatic rings. The minimum Gasteiger partial charge on any atom is -0.385 e. The highest BCUT2D eigenvalue weighted by Crippen LogP contribution is 2.44. The van der Waals surface area contributed by atoms with E-state index in [1.807, 2.05) is 25.1 Å². The molecule has 1 aromatic carbocycles. The lowest BCUT2D eigenvalue weighted by Gasteiger charge is -2.41. The van der Waals surface area contributed by atoms with Gasteiger partial charge in [0.05, 0.1) is 5.60 Å². The minimum atomic E-state index is -0.703. The quantitative estimate of drug-likeness (QED) is 0.844. The lowest BCUT2D eigenvalue weighted by Crippen LogP contribution is -2.38. The van der Waals surface area contributed by atoms with Crippen LogP contribution < -0.4 is 0 Å². The molecule has 1 aliphatic rings. The molecule has 3 atom stereocenters. The van der Waals surface area contributed by atoms with Gasteiger partial charge in [-0.25, -0.2) is 0 Å². The first-order valence-electron chi connectivity index (χ1n) is 7.04. The van der Waals surface area contributed by atoms with Crippen molar-refractivity contribution >= 4 is 15.9 Å². The Balaban J connectivity index is 2.28. The Labute approximate surface area is 119 Å². The van der Waals surface area contributed by atoms with Crippen LogP contribution in [-0.2, 0) is 5.60 Å². The third-order valence-electron chi connectivity index (χ3n) is 4.56. The molecule has 100 valence electrons. The zero-order valence-corrected chi connectivity index (χ0v) is 12.9. The molecule has 1 nitrogen and oxygen atoms in total. The highest BCUT2D eigenvalue weighted by molar-refractivity contribution is 9.10. The van der Waals surface area contributed by atoms with Crippen molar-refractivity contribution in [3.63, 3.8) is 0 Å². The van der Waals surface area contributed by atoms with Gasteiger partial charge in [0.2, 0.25) is 0 Å². The predicted octanol–water partition coefficient (Wildman–Crippen LogP) is 4.87. The third kappa shape index (κ3) is 2.80. The number of benzene rings is 1. The molecule has 1 fully saturated rings. The molecule has 3 unspecified atom stereocenters. The standard InChI is InChI=1S/C16H23BrO/c1-3-12-7-4-5-10-15(12)16(2,18)13-8-6-9-14(17)11-13/h6,8-9,11-12,15,18H,3-5,7,10H2,1-2H3. The van der Waals surface area contributed by atoms with Gasteiger partial charge in [-0.15, -0.1) is 0 Å². The normalized spacial score (nSPS) is 27.8. The van der Waals surface area contributed by atoms with Crippen LogP contribution in [0.25, 0.3) is 0 Å². The van der Waals surface area contributed by atoms with Crippen molar-refractivity contribution < 1.29 is 5.11 Å². The zero-order chi connectivity index (χ0) is 13.2. The predicted molar refractivity (Wildman–Crippen MR) is 79.5 cm³/mol. The maximum atomic E-state index is 11.0. The largest absolute Gasteiger partial charge is 0.385 e. The molecule has 0 aliphatic heterocycles. The second-order valence-corrected chi connectivity index (χ2v) is 6.63. The summed E-state index contributed by atoms with van der Waals surface area (Å²) in [6.45, 7) is 4.24. The Hall–Kier alpha value is -0.340. The summed E-state index contributed by atoms with van der Waals surface area (Å²) in [5.41, 5.74) is 0.340. The second kappa shape index (κ2) is 5.75. The van der Waals surface area contributed by atoms with Crippen molar-refractivity contribution in [2.24, 2.45) is 11.8 Å². The van der Waals surface area contributed by atoms with E-state index in [1.165, 1.54) is 25.7 Å². The van der Waals surface area contributed by atoms with Gasteiger partial charge in [-0.05, 0) is 42.9 Å². The van der Waals surface area contributed by atoms with Crippen molar-refractivity contribution in [3.8, 4) is 0 Å². The van der Waals surface area contributed by atoms with Gasteiger partial charge >= 0.3 is 0 Å². The fourth-order valence-corrected chi connectivity index (χ4v) is 3.85. The van der Waals surface area contributed by atoms with Crippen molar-refractivity contribution in [2.45, 2.75) is 51.6 Å². The summed E-state index contributed by atoms with van der Waals surface area (Å²) in [4.78, 5) is 0. The van der Waals surface area contributed by atoms with Crippen molar-refractivity contribution in [1.82, 2.24) is 0 Å². The molecular formula is C16H23BrO. The lowest BCUT2D eigenvalue weighted by atomic mass is 9.67. The molecule has 0 spiro atoms.